The first-order chi connectivity index (χ1) is 36.1. The Balaban J connectivity index is 0.800. The van der Waals surface area contributed by atoms with Crippen molar-refractivity contribution in [1.82, 2.24) is 16.0 Å². The van der Waals surface area contributed by atoms with Gasteiger partial charge in [-0.3, -0.25) is 9.59 Å². The number of benzene rings is 4. The Hall–Kier alpha value is -5.11. The molecule has 2 unspecified atom stereocenters. The van der Waals surface area contributed by atoms with Crippen LogP contribution in [-0.2, 0) is 33.9 Å². The van der Waals surface area contributed by atoms with E-state index in [0.717, 1.165) is 6.07 Å². The monoisotopic (exact) mass is 1110 g/mol. The van der Waals surface area contributed by atoms with Crippen LogP contribution in [0.2, 0.25) is 15.1 Å². The highest BCUT2D eigenvalue weighted by atomic mass is 35.5. The highest BCUT2D eigenvalue weighted by Crippen LogP contribution is 2.56. The van der Waals surface area contributed by atoms with Gasteiger partial charge >= 0.3 is 0 Å². The van der Waals surface area contributed by atoms with Crippen molar-refractivity contribution in [3.05, 3.63) is 128 Å². The minimum Gasteiger partial charge on any atom is -0.491 e. The highest BCUT2D eigenvalue weighted by Gasteiger charge is 2.64. The van der Waals surface area contributed by atoms with Crippen molar-refractivity contribution in [3.8, 4) is 23.6 Å². The molecule has 1 saturated carbocycles. The van der Waals surface area contributed by atoms with Crippen LogP contribution in [0.5, 0.6) is 11.5 Å². The smallest absolute Gasteiger partial charge is 0.251 e. The molecule has 1 aliphatic heterocycles. The molecule has 76 heavy (non-hydrogen) atoms. The van der Waals surface area contributed by atoms with Crippen LogP contribution in [0.25, 0.3) is 0 Å². The standard InChI is InChI=1S/C57H68Cl3F2N5O9/c1-54(2,3)33-46-57(35-64,42-18-14-38(58)31-45(42)61)47(41-9-8-10-43(59)48(41)62)49(66-46)51(69)65-19-20-70-21-22-71-23-24-72-25-26-73-27-28-74-29-30-75-39-15-11-36(12-16-39)50(68)67-52-55(4,5)53(56(52,6)7)76-40-17-13-37(34-63)44(60)32-40/h8-18,31-32,46-47,49,52-53,66H,19-30,33H2,1-7H3,(H,65,69)(H,67,68)/t46?,47-,49?,52?,53?,57-/m0/s1. The average Bonchev–Trinajstić information content (AvgIpc) is 3.82. The first kappa shape index (κ1) is 60.1. The fourth-order valence-electron chi connectivity index (χ4n) is 10.6. The molecule has 14 nitrogen and oxygen atoms in total. The maximum Gasteiger partial charge on any atom is 0.251 e. The summed E-state index contributed by atoms with van der Waals surface area (Å²) in [6.07, 6.45) is 0.141. The zero-order valence-electron chi connectivity index (χ0n) is 44.0. The molecule has 4 aromatic rings. The summed E-state index contributed by atoms with van der Waals surface area (Å²) < 4.78 is 72.0. The van der Waals surface area contributed by atoms with E-state index in [1.54, 1.807) is 48.5 Å². The lowest BCUT2D eigenvalue weighted by Gasteiger charge is -2.63. The molecule has 6 rings (SSSR count). The number of halogens is 5. The van der Waals surface area contributed by atoms with Gasteiger partial charge in [-0.05, 0) is 72.0 Å². The summed E-state index contributed by atoms with van der Waals surface area (Å²) >= 11 is 18.6. The van der Waals surface area contributed by atoms with Gasteiger partial charge in [0.2, 0.25) is 5.91 Å². The third kappa shape index (κ3) is 14.7. The second-order valence-corrected chi connectivity index (χ2v) is 22.5. The predicted molar refractivity (Wildman–Crippen MR) is 286 cm³/mol. The van der Waals surface area contributed by atoms with Crippen molar-refractivity contribution in [1.29, 1.82) is 10.5 Å². The number of nitrogens with zero attached hydrogens (tertiary/aromatic N) is 2. The molecule has 3 N–H and O–H groups in total. The number of nitriles is 2. The van der Waals surface area contributed by atoms with Crippen molar-refractivity contribution in [2.75, 3.05) is 79.2 Å². The minimum atomic E-state index is -1.72. The molecule has 19 heteroatoms. The van der Waals surface area contributed by atoms with Crippen LogP contribution in [0.1, 0.15) is 87.9 Å². The van der Waals surface area contributed by atoms with Crippen molar-refractivity contribution in [3.63, 3.8) is 0 Å². The molecule has 0 bridgehead atoms. The molecule has 2 aliphatic rings. The van der Waals surface area contributed by atoms with Crippen molar-refractivity contribution in [2.45, 2.75) is 90.4 Å². The molecule has 2 fully saturated rings. The summed E-state index contributed by atoms with van der Waals surface area (Å²) in [5.74, 6) is -2.21. The SMILES string of the molecule is CC(C)(C)CC1NC(C(=O)NCCOCCOCCOCCOCCOCCOc2ccc(C(=O)NC3C(C)(C)C(Oc4ccc(C#N)c(Cl)c4)C3(C)C)cc2)[C@H](c2cccc(Cl)c2F)[C@@]1(C#N)c1ccc(Cl)cc1F. The number of amides is 2. The summed E-state index contributed by atoms with van der Waals surface area (Å²) in [5.41, 5.74) is -1.96. The maximum atomic E-state index is 15.9. The van der Waals surface area contributed by atoms with E-state index in [-0.39, 0.29) is 75.2 Å². The second kappa shape index (κ2) is 27.0. The fourth-order valence-corrected chi connectivity index (χ4v) is 11.2. The van der Waals surface area contributed by atoms with E-state index < -0.39 is 41.0 Å². The first-order valence-electron chi connectivity index (χ1n) is 25.3. The Kier molecular flexibility index (Phi) is 21.3. The van der Waals surface area contributed by atoms with Gasteiger partial charge in [0.25, 0.3) is 5.91 Å². The summed E-state index contributed by atoms with van der Waals surface area (Å²) in [7, 11) is 0. The number of rotatable bonds is 27. The molecular weight excluding hydrogens is 1040 g/mol. The quantitative estimate of drug-likeness (QED) is 0.0482. The molecule has 0 aromatic heterocycles. The van der Waals surface area contributed by atoms with Crippen LogP contribution in [0.15, 0.2) is 78.9 Å². The normalized spacial score (nSPS) is 21.5. The Labute approximate surface area is 459 Å². The molecule has 4 aromatic carbocycles. The zero-order valence-corrected chi connectivity index (χ0v) is 46.3. The predicted octanol–water partition coefficient (Wildman–Crippen LogP) is 10.0. The van der Waals surface area contributed by atoms with Gasteiger partial charge in [-0.15, -0.1) is 0 Å². The van der Waals surface area contributed by atoms with E-state index in [0.29, 0.717) is 93.5 Å². The molecule has 1 heterocycles. The zero-order chi connectivity index (χ0) is 55.3. The van der Waals surface area contributed by atoms with Gasteiger partial charge in [0.05, 0.1) is 93.8 Å². The number of ether oxygens (including phenoxy) is 7. The van der Waals surface area contributed by atoms with Gasteiger partial charge in [-0.25, -0.2) is 8.78 Å². The molecule has 0 spiro atoms. The molecule has 1 aliphatic carbocycles. The number of hydrogen-bond acceptors (Lipinski definition) is 12. The molecule has 0 radical (unpaired) electrons. The van der Waals surface area contributed by atoms with E-state index >= 15 is 8.78 Å². The molecular formula is C57H68Cl3F2N5O9. The van der Waals surface area contributed by atoms with Crippen LogP contribution >= 0.6 is 34.8 Å². The molecule has 410 valence electrons. The third-order valence-corrected chi connectivity index (χ3v) is 14.6. The highest BCUT2D eigenvalue weighted by molar-refractivity contribution is 6.32. The van der Waals surface area contributed by atoms with Crippen LogP contribution in [-0.4, -0.2) is 115 Å². The van der Waals surface area contributed by atoms with Crippen molar-refractivity contribution in [2.24, 2.45) is 16.2 Å². The summed E-state index contributed by atoms with van der Waals surface area (Å²) in [4.78, 5) is 27.3. The van der Waals surface area contributed by atoms with Crippen molar-refractivity contribution < 1.29 is 51.5 Å². The topological polar surface area (TPSA) is 182 Å². The van der Waals surface area contributed by atoms with E-state index in [2.05, 4.69) is 55.8 Å². The van der Waals surface area contributed by atoms with Gasteiger partial charge in [0, 0.05) is 57.6 Å². The molecule has 2 amide bonds. The average molecular weight is 1110 g/mol. The Morgan fingerprint density at radius 3 is 1.86 bits per heavy atom. The third-order valence-electron chi connectivity index (χ3n) is 13.8. The maximum absolute atomic E-state index is 15.9. The van der Waals surface area contributed by atoms with E-state index in [1.165, 1.54) is 24.3 Å². The Bertz CT molecular complexity index is 2680. The molecule has 4 atom stereocenters. The van der Waals surface area contributed by atoms with E-state index in [1.807, 2.05) is 20.8 Å². The number of carbonyl (C=O) groups excluding carboxylic acids is 2. The van der Waals surface area contributed by atoms with Crippen LogP contribution in [0, 0.1) is 50.5 Å². The minimum absolute atomic E-state index is 0.00548. The van der Waals surface area contributed by atoms with Gasteiger partial charge in [-0.2, -0.15) is 10.5 Å². The first-order valence-corrected chi connectivity index (χ1v) is 26.4. The lowest BCUT2D eigenvalue weighted by molar-refractivity contribution is -0.164. The Morgan fingerprint density at radius 2 is 1.30 bits per heavy atom. The van der Waals surface area contributed by atoms with Crippen LogP contribution in [0.4, 0.5) is 8.78 Å². The lowest BCUT2D eigenvalue weighted by atomic mass is 9.49. The van der Waals surface area contributed by atoms with E-state index in [9.17, 15) is 20.1 Å². The Morgan fingerprint density at radius 1 is 0.724 bits per heavy atom. The summed E-state index contributed by atoms with van der Waals surface area (Å²) in [5, 5.41) is 29.8. The summed E-state index contributed by atoms with van der Waals surface area (Å²) in [6, 6.07) is 22.7. The second-order valence-electron chi connectivity index (χ2n) is 21.2. The van der Waals surface area contributed by atoms with Gasteiger partial charge in [0.15, 0.2) is 0 Å². The van der Waals surface area contributed by atoms with Crippen molar-refractivity contribution >= 4 is 46.6 Å². The lowest BCUT2D eigenvalue weighted by Crippen LogP contribution is -2.74. The van der Waals surface area contributed by atoms with Crippen LogP contribution < -0.4 is 25.4 Å². The van der Waals surface area contributed by atoms with Gasteiger partial charge < -0.3 is 49.1 Å². The number of hydrogen-bond donors (Lipinski definition) is 3. The largest absolute Gasteiger partial charge is 0.491 e. The summed E-state index contributed by atoms with van der Waals surface area (Å²) in [6.45, 7) is 17.8. The number of nitrogens with one attached hydrogen (secondary N) is 3. The molecule has 1 saturated heterocycles. The fraction of sp³-hybridized carbons (Fsp3) is 0.509. The van der Waals surface area contributed by atoms with E-state index in [4.69, 9.17) is 68.0 Å². The van der Waals surface area contributed by atoms with Crippen LogP contribution in [0.3, 0.4) is 0 Å². The van der Waals surface area contributed by atoms with Gasteiger partial charge in [-0.1, -0.05) is 101 Å². The number of carbonyl (C=O) groups is 2. The van der Waals surface area contributed by atoms with Gasteiger partial charge in [0.1, 0.15) is 47.3 Å².